The van der Waals surface area contributed by atoms with Gasteiger partial charge in [-0.1, -0.05) is 30.3 Å². The average Bonchev–Trinajstić information content (AvgIpc) is 2.61. The minimum absolute atomic E-state index is 0.129. The van der Waals surface area contributed by atoms with Crippen LogP contribution in [-0.4, -0.2) is 33.7 Å². The van der Waals surface area contributed by atoms with E-state index in [1.807, 2.05) is 0 Å². The molecule has 7 heteroatoms. The van der Waals surface area contributed by atoms with Gasteiger partial charge < -0.3 is 10.1 Å². The second-order valence-corrected chi connectivity index (χ2v) is 7.57. The number of benzene rings is 2. The maximum absolute atomic E-state index is 13.3. The predicted molar refractivity (Wildman–Crippen MR) is 92.3 cm³/mol. The van der Waals surface area contributed by atoms with Crippen molar-refractivity contribution >= 4 is 15.7 Å². The summed E-state index contributed by atoms with van der Waals surface area (Å²) in [6.45, 7) is 0.129. The van der Waals surface area contributed by atoms with Crippen LogP contribution in [0, 0.1) is 5.82 Å². The maximum atomic E-state index is 13.3. The molecule has 0 radical (unpaired) electrons. The van der Waals surface area contributed by atoms with Gasteiger partial charge in [-0.05, 0) is 29.8 Å². The number of methoxy groups -OCH3 is 1. The number of hydrogen-bond donors (Lipinski definition) is 1. The molecule has 0 aromatic heterocycles. The summed E-state index contributed by atoms with van der Waals surface area (Å²) < 4.78 is 42.8. The van der Waals surface area contributed by atoms with Gasteiger partial charge in [0.1, 0.15) is 5.82 Å². The third kappa shape index (κ3) is 5.65. The summed E-state index contributed by atoms with van der Waals surface area (Å²) in [6.07, 6.45) is -0.665. The minimum atomic E-state index is -3.50. The summed E-state index contributed by atoms with van der Waals surface area (Å²) in [5, 5.41) is 2.62. The summed E-state index contributed by atoms with van der Waals surface area (Å²) in [7, 11) is -2.04. The first kappa shape index (κ1) is 19.1. The molecule has 0 saturated heterocycles. The van der Waals surface area contributed by atoms with Gasteiger partial charge in [-0.2, -0.15) is 0 Å². The molecule has 0 heterocycles. The number of carbonyl (C=O) groups excluding carboxylic acids is 1. The first-order chi connectivity index (χ1) is 11.9. The fourth-order valence-corrected chi connectivity index (χ4v) is 3.57. The molecule has 25 heavy (non-hydrogen) atoms. The molecule has 0 aliphatic carbocycles. The smallest absolute Gasteiger partial charge is 0.221 e. The Morgan fingerprint density at radius 3 is 2.52 bits per heavy atom. The van der Waals surface area contributed by atoms with E-state index in [2.05, 4.69) is 5.32 Å². The summed E-state index contributed by atoms with van der Waals surface area (Å²) in [6, 6.07) is 13.9. The van der Waals surface area contributed by atoms with Crippen LogP contribution in [0.4, 0.5) is 4.39 Å². The quantitative estimate of drug-likeness (QED) is 0.780. The predicted octanol–water partition coefficient (Wildman–Crippen LogP) is 2.49. The fourth-order valence-electron chi connectivity index (χ4n) is 2.31. The van der Waals surface area contributed by atoms with Crippen LogP contribution in [0.2, 0.25) is 0 Å². The molecule has 2 rings (SSSR count). The van der Waals surface area contributed by atoms with Crippen molar-refractivity contribution in [3.63, 3.8) is 0 Å². The highest BCUT2D eigenvalue weighted by Crippen LogP contribution is 2.17. The van der Waals surface area contributed by atoms with E-state index in [-0.39, 0.29) is 29.4 Å². The second-order valence-electron chi connectivity index (χ2n) is 5.47. The molecule has 134 valence electrons. The molecule has 1 atom stereocenters. The Bertz CT molecular complexity index is 809. The van der Waals surface area contributed by atoms with Gasteiger partial charge in [0.25, 0.3) is 0 Å². The van der Waals surface area contributed by atoms with Crippen molar-refractivity contribution < 1.29 is 22.3 Å². The monoisotopic (exact) mass is 365 g/mol. The van der Waals surface area contributed by atoms with E-state index in [1.54, 1.807) is 30.3 Å². The standard InChI is InChI=1S/C18H20FNO4S/c1-24-17(14-6-5-7-15(19)12-14)13-20-18(21)10-11-25(22,23)16-8-3-2-4-9-16/h2-9,12,17H,10-11,13H2,1H3,(H,20,21)/t17-/m1/s1. The number of halogens is 1. The lowest BCUT2D eigenvalue weighted by molar-refractivity contribution is -0.121. The highest BCUT2D eigenvalue weighted by atomic mass is 32.2. The van der Waals surface area contributed by atoms with E-state index in [1.165, 1.54) is 31.4 Å². The number of rotatable bonds is 8. The molecular weight excluding hydrogens is 345 g/mol. The van der Waals surface area contributed by atoms with E-state index in [0.29, 0.717) is 5.56 Å². The molecule has 0 aliphatic rings. The van der Waals surface area contributed by atoms with Crippen LogP contribution in [0.1, 0.15) is 18.1 Å². The number of ether oxygens (including phenoxy) is 1. The summed E-state index contributed by atoms with van der Waals surface area (Å²) in [5.41, 5.74) is 0.597. The maximum Gasteiger partial charge on any atom is 0.221 e. The van der Waals surface area contributed by atoms with Gasteiger partial charge in [0.05, 0.1) is 16.8 Å². The zero-order valence-electron chi connectivity index (χ0n) is 13.8. The van der Waals surface area contributed by atoms with E-state index in [0.717, 1.165) is 0 Å². The van der Waals surface area contributed by atoms with Crippen molar-refractivity contribution in [3.8, 4) is 0 Å². The molecule has 2 aromatic carbocycles. The topological polar surface area (TPSA) is 72.5 Å². The van der Waals surface area contributed by atoms with Gasteiger partial charge >= 0.3 is 0 Å². The Labute approximate surface area is 146 Å². The molecule has 5 nitrogen and oxygen atoms in total. The lowest BCUT2D eigenvalue weighted by Crippen LogP contribution is -2.30. The molecule has 0 aliphatic heterocycles. The summed E-state index contributed by atoms with van der Waals surface area (Å²) in [5.74, 6) is -1.07. The molecule has 1 N–H and O–H groups in total. The van der Waals surface area contributed by atoms with E-state index < -0.39 is 21.8 Å². The zero-order chi connectivity index (χ0) is 18.3. The fraction of sp³-hybridized carbons (Fsp3) is 0.278. The van der Waals surface area contributed by atoms with Crippen LogP contribution in [0.3, 0.4) is 0 Å². The molecule has 0 saturated carbocycles. The molecular formula is C18H20FNO4S. The van der Waals surface area contributed by atoms with Gasteiger partial charge in [-0.25, -0.2) is 12.8 Å². The SMILES string of the molecule is CO[C@H](CNC(=O)CCS(=O)(=O)c1ccccc1)c1cccc(F)c1. The van der Waals surface area contributed by atoms with Gasteiger partial charge in [-0.3, -0.25) is 4.79 Å². The van der Waals surface area contributed by atoms with Crippen LogP contribution in [-0.2, 0) is 19.4 Å². The molecule has 0 fully saturated rings. The number of amides is 1. The van der Waals surface area contributed by atoms with Crippen molar-refractivity contribution in [2.24, 2.45) is 0 Å². The third-order valence-electron chi connectivity index (χ3n) is 3.69. The van der Waals surface area contributed by atoms with Crippen LogP contribution >= 0.6 is 0 Å². The van der Waals surface area contributed by atoms with Crippen molar-refractivity contribution in [3.05, 3.63) is 66.0 Å². The number of hydrogen-bond acceptors (Lipinski definition) is 4. The van der Waals surface area contributed by atoms with E-state index >= 15 is 0 Å². The first-order valence-corrected chi connectivity index (χ1v) is 9.40. The van der Waals surface area contributed by atoms with Gasteiger partial charge in [0.15, 0.2) is 9.84 Å². The molecule has 0 bridgehead atoms. The molecule has 0 spiro atoms. The van der Waals surface area contributed by atoms with E-state index in [9.17, 15) is 17.6 Å². The highest BCUT2D eigenvalue weighted by molar-refractivity contribution is 7.91. The van der Waals surface area contributed by atoms with Gasteiger partial charge in [-0.15, -0.1) is 0 Å². The normalized spacial score (nSPS) is 12.6. The minimum Gasteiger partial charge on any atom is -0.375 e. The van der Waals surface area contributed by atoms with Crippen molar-refractivity contribution in [1.29, 1.82) is 0 Å². The Morgan fingerprint density at radius 2 is 1.88 bits per heavy atom. The number of carbonyl (C=O) groups is 1. The van der Waals surface area contributed by atoms with Crippen LogP contribution in [0.5, 0.6) is 0 Å². The van der Waals surface area contributed by atoms with Gasteiger partial charge in [0, 0.05) is 20.1 Å². The van der Waals surface area contributed by atoms with Crippen molar-refractivity contribution in [2.45, 2.75) is 17.4 Å². The highest BCUT2D eigenvalue weighted by Gasteiger charge is 2.17. The Morgan fingerprint density at radius 1 is 1.16 bits per heavy atom. The first-order valence-electron chi connectivity index (χ1n) is 7.75. The van der Waals surface area contributed by atoms with Crippen LogP contribution < -0.4 is 5.32 Å². The number of sulfone groups is 1. The Hall–Kier alpha value is -2.25. The van der Waals surface area contributed by atoms with Crippen LogP contribution in [0.15, 0.2) is 59.5 Å². The second kappa shape index (κ2) is 8.73. The third-order valence-corrected chi connectivity index (χ3v) is 5.42. The average molecular weight is 365 g/mol. The lowest BCUT2D eigenvalue weighted by Gasteiger charge is -2.16. The lowest BCUT2D eigenvalue weighted by atomic mass is 10.1. The van der Waals surface area contributed by atoms with Crippen molar-refractivity contribution in [1.82, 2.24) is 5.32 Å². The Balaban J connectivity index is 1.88. The number of nitrogens with one attached hydrogen (secondary N) is 1. The van der Waals surface area contributed by atoms with Gasteiger partial charge in [0.2, 0.25) is 5.91 Å². The van der Waals surface area contributed by atoms with Crippen LogP contribution in [0.25, 0.3) is 0 Å². The largest absolute Gasteiger partial charge is 0.375 e. The van der Waals surface area contributed by atoms with Crippen molar-refractivity contribution in [2.75, 3.05) is 19.4 Å². The van der Waals surface area contributed by atoms with E-state index in [4.69, 9.17) is 4.74 Å². The summed E-state index contributed by atoms with van der Waals surface area (Å²) >= 11 is 0. The zero-order valence-corrected chi connectivity index (χ0v) is 14.6. The molecule has 1 amide bonds. The molecule has 0 unspecified atom stereocenters. The summed E-state index contributed by atoms with van der Waals surface area (Å²) in [4.78, 5) is 12.1. The Kier molecular flexibility index (Phi) is 6.66. The molecule has 2 aromatic rings.